The zero-order chi connectivity index (χ0) is 33.6. The fraction of sp³-hybridized carbons (Fsp3) is 0.444. The quantitative estimate of drug-likeness (QED) is 0.171. The number of hydrogen-bond donors (Lipinski definition) is 1. The third kappa shape index (κ3) is 7.07. The predicted molar refractivity (Wildman–Crippen MR) is 190 cm³/mol. The Hall–Kier alpha value is -3.41. The maximum absolute atomic E-state index is 12.7. The molecular formula is C36H43ClN6O3S. The van der Waals surface area contributed by atoms with Crippen molar-refractivity contribution in [2.45, 2.75) is 58.2 Å². The van der Waals surface area contributed by atoms with Gasteiger partial charge < -0.3 is 19.6 Å². The average molecular weight is 675 g/mol. The molecule has 1 unspecified atom stereocenters. The molecule has 11 heteroatoms. The molecule has 0 spiro atoms. The van der Waals surface area contributed by atoms with E-state index < -0.39 is 17.7 Å². The molecule has 0 radical (unpaired) electrons. The van der Waals surface area contributed by atoms with Gasteiger partial charge in [-0.15, -0.1) is 11.3 Å². The zero-order valence-corrected chi connectivity index (χ0v) is 29.7. The molecule has 5 aromatic rings. The van der Waals surface area contributed by atoms with Gasteiger partial charge in [-0.2, -0.15) is 5.10 Å². The number of likely N-dealkylation sites (tertiary alicyclic amines) is 1. The first kappa shape index (κ1) is 33.5. The van der Waals surface area contributed by atoms with Crippen LogP contribution in [-0.2, 0) is 16.6 Å². The van der Waals surface area contributed by atoms with E-state index in [0.29, 0.717) is 16.5 Å². The highest BCUT2D eigenvalue weighted by atomic mass is 35.5. The van der Waals surface area contributed by atoms with Crippen molar-refractivity contribution >= 4 is 50.2 Å². The van der Waals surface area contributed by atoms with E-state index in [0.717, 1.165) is 93.4 Å². The van der Waals surface area contributed by atoms with E-state index in [9.17, 15) is 9.90 Å². The van der Waals surface area contributed by atoms with Gasteiger partial charge in [-0.1, -0.05) is 23.7 Å². The number of fused-ring (bicyclic) bond motifs is 2. The van der Waals surface area contributed by atoms with Gasteiger partial charge in [-0.3, -0.25) is 4.68 Å². The predicted octanol–water partition coefficient (Wildman–Crippen LogP) is 7.56. The van der Waals surface area contributed by atoms with Gasteiger partial charge in [-0.25, -0.2) is 14.8 Å². The highest BCUT2D eigenvalue weighted by molar-refractivity contribution is 7.22. The summed E-state index contributed by atoms with van der Waals surface area (Å²) in [5, 5.41) is 16.7. The summed E-state index contributed by atoms with van der Waals surface area (Å²) >= 11 is 7.79. The van der Waals surface area contributed by atoms with E-state index in [1.165, 1.54) is 11.3 Å². The fourth-order valence-corrected chi connectivity index (χ4v) is 7.70. The first-order chi connectivity index (χ1) is 22.3. The molecule has 0 bridgehead atoms. The number of halogens is 1. The maximum atomic E-state index is 12.7. The van der Waals surface area contributed by atoms with E-state index >= 15 is 0 Å². The monoisotopic (exact) mass is 674 g/mol. The summed E-state index contributed by atoms with van der Waals surface area (Å²) < 4.78 is 8.99. The lowest BCUT2D eigenvalue weighted by molar-refractivity contribution is -0.160. The Morgan fingerprint density at radius 3 is 2.47 bits per heavy atom. The highest BCUT2D eigenvalue weighted by Crippen LogP contribution is 2.44. The Bertz CT molecular complexity index is 1920. The molecule has 0 saturated carbocycles. The number of nitrogens with zero attached hydrogens (tertiary/aromatic N) is 6. The summed E-state index contributed by atoms with van der Waals surface area (Å²) in [6, 6.07) is 13.5. The Balaban J connectivity index is 1.44. The Kier molecular flexibility index (Phi) is 9.43. The standard InChI is InChI=1S/C36H43ClN6O3S/c1-21-20-26-33(29(22-8-10-24(37)11-9-22)28(21)32(35(44)45)46-36(2,3)4)47-34(39-26)25-12-13-27-31(38-25)30(40-42(27)7)23-14-16-43(17-15-23)19-18-41(5)6/h8-13,20,23,32H,14-19H2,1-7H3,(H,44,45). The second-order valence-electron chi connectivity index (χ2n) is 13.8. The topological polar surface area (TPSA) is 96.6 Å². The number of likely N-dealkylation sites (N-methyl/N-ethyl adjacent to an activating group) is 1. The maximum Gasteiger partial charge on any atom is 0.337 e. The van der Waals surface area contributed by atoms with Crippen LogP contribution in [0, 0.1) is 6.92 Å². The first-order valence-electron chi connectivity index (χ1n) is 16.1. The van der Waals surface area contributed by atoms with E-state index in [4.69, 9.17) is 31.4 Å². The largest absolute Gasteiger partial charge is 0.479 e. The molecule has 1 N–H and O–H groups in total. The van der Waals surface area contributed by atoms with Crippen molar-refractivity contribution in [1.82, 2.24) is 29.5 Å². The van der Waals surface area contributed by atoms with Gasteiger partial charge in [-0.05, 0) is 109 Å². The third-order valence-corrected chi connectivity index (χ3v) is 10.2. The second-order valence-corrected chi connectivity index (χ2v) is 15.2. The number of piperidine rings is 1. The van der Waals surface area contributed by atoms with Crippen molar-refractivity contribution < 1.29 is 14.6 Å². The molecule has 1 atom stereocenters. The van der Waals surface area contributed by atoms with E-state index in [1.54, 1.807) is 0 Å². The van der Waals surface area contributed by atoms with Gasteiger partial charge in [0.2, 0.25) is 0 Å². The molecule has 1 aliphatic rings. The Morgan fingerprint density at radius 2 is 1.83 bits per heavy atom. The summed E-state index contributed by atoms with van der Waals surface area (Å²) in [5.74, 6) is -0.688. The number of carboxylic acids is 1. The molecule has 1 fully saturated rings. The number of rotatable bonds is 9. The molecule has 1 saturated heterocycles. The first-order valence-corrected chi connectivity index (χ1v) is 17.3. The molecule has 9 nitrogen and oxygen atoms in total. The normalized spacial score (nSPS) is 15.7. The number of carbonyl (C=O) groups is 1. The van der Waals surface area contributed by atoms with Crippen LogP contribution in [0.5, 0.6) is 0 Å². The second kappa shape index (κ2) is 13.2. The molecule has 3 aromatic heterocycles. The Morgan fingerprint density at radius 1 is 1.13 bits per heavy atom. The summed E-state index contributed by atoms with van der Waals surface area (Å²) in [6.07, 6.45) is 0.943. The van der Waals surface area contributed by atoms with Crippen LogP contribution in [0.25, 0.3) is 43.1 Å². The minimum atomic E-state index is -1.17. The van der Waals surface area contributed by atoms with E-state index in [-0.39, 0.29) is 0 Å². The number of aromatic nitrogens is 4. The van der Waals surface area contributed by atoms with Gasteiger partial charge in [0.15, 0.2) is 6.10 Å². The van der Waals surface area contributed by atoms with Gasteiger partial charge in [0, 0.05) is 42.2 Å². The van der Waals surface area contributed by atoms with Crippen molar-refractivity contribution in [3.8, 4) is 21.8 Å². The highest BCUT2D eigenvalue weighted by Gasteiger charge is 2.33. The van der Waals surface area contributed by atoms with Gasteiger partial charge >= 0.3 is 5.97 Å². The van der Waals surface area contributed by atoms with Crippen molar-refractivity contribution in [3.05, 3.63) is 64.3 Å². The summed E-state index contributed by atoms with van der Waals surface area (Å²) in [6.45, 7) is 11.8. The SMILES string of the molecule is Cc1cc2nc(-c3ccc4c(n3)c(C3CCN(CCN(C)C)CC3)nn4C)sc2c(-c2ccc(Cl)cc2)c1C(OC(C)(C)C)C(=O)O. The molecule has 2 aromatic carbocycles. The lowest BCUT2D eigenvalue weighted by atomic mass is 9.91. The van der Waals surface area contributed by atoms with Crippen LogP contribution in [0.3, 0.4) is 0 Å². The number of pyridine rings is 1. The molecule has 1 aliphatic heterocycles. The Labute approximate surface area is 285 Å². The van der Waals surface area contributed by atoms with E-state index in [2.05, 4.69) is 30.0 Å². The summed E-state index contributed by atoms with van der Waals surface area (Å²) in [4.78, 5) is 27.8. The lowest BCUT2D eigenvalue weighted by Crippen LogP contribution is -2.37. The van der Waals surface area contributed by atoms with Crippen molar-refractivity contribution in [2.24, 2.45) is 7.05 Å². The molecule has 6 rings (SSSR count). The number of thiazole rings is 1. The van der Waals surface area contributed by atoms with Gasteiger partial charge in [0.05, 0.1) is 32.7 Å². The van der Waals surface area contributed by atoms with Crippen LogP contribution < -0.4 is 0 Å². The van der Waals surface area contributed by atoms with Crippen LogP contribution in [0.1, 0.15) is 62.5 Å². The van der Waals surface area contributed by atoms with Gasteiger partial charge in [0.25, 0.3) is 0 Å². The van der Waals surface area contributed by atoms with Crippen LogP contribution in [0.15, 0.2) is 42.5 Å². The van der Waals surface area contributed by atoms with Crippen LogP contribution in [-0.4, -0.2) is 86.5 Å². The van der Waals surface area contributed by atoms with Crippen molar-refractivity contribution in [2.75, 3.05) is 40.3 Å². The molecular weight excluding hydrogens is 632 g/mol. The minimum absolute atomic E-state index is 0.352. The van der Waals surface area contributed by atoms with Crippen LogP contribution >= 0.6 is 22.9 Å². The average Bonchev–Trinajstić information content (AvgIpc) is 3.59. The third-order valence-electron chi connectivity index (χ3n) is 8.80. The smallest absolute Gasteiger partial charge is 0.337 e. The van der Waals surface area contributed by atoms with Crippen molar-refractivity contribution in [1.29, 1.82) is 0 Å². The van der Waals surface area contributed by atoms with Crippen molar-refractivity contribution in [3.63, 3.8) is 0 Å². The molecule has 4 heterocycles. The van der Waals surface area contributed by atoms with Crippen LogP contribution in [0.4, 0.5) is 0 Å². The van der Waals surface area contributed by atoms with Crippen LogP contribution in [0.2, 0.25) is 5.02 Å². The molecule has 0 aliphatic carbocycles. The molecule has 248 valence electrons. The summed E-state index contributed by atoms with van der Waals surface area (Å²) in [5.41, 5.74) is 6.93. The number of carboxylic acid groups (broad SMARTS) is 1. The van der Waals surface area contributed by atoms with Gasteiger partial charge in [0.1, 0.15) is 10.5 Å². The molecule has 0 amide bonds. The minimum Gasteiger partial charge on any atom is -0.479 e. The lowest BCUT2D eigenvalue weighted by Gasteiger charge is -2.31. The number of hydrogen-bond acceptors (Lipinski definition) is 8. The number of ether oxygens (including phenoxy) is 1. The van der Waals surface area contributed by atoms with E-state index in [1.807, 2.05) is 75.8 Å². The fourth-order valence-electron chi connectivity index (χ4n) is 6.48. The number of aliphatic carboxylic acids is 1. The molecule has 47 heavy (non-hydrogen) atoms. The summed E-state index contributed by atoms with van der Waals surface area (Å²) in [7, 11) is 6.22. The number of aryl methyl sites for hydroxylation is 2. The zero-order valence-electron chi connectivity index (χ0n) is 28.2. The number of benzene rings is 2.